The molecule has 0 unspecified atom stereocenters. The molecular weight excluding hydrogens is 709 g/mol. The molecule has 0 saturated heterocycles. The molecule has 0 heterocycles. The number of ether oxygens (including phenoxy) is 3. The highest BCUT2D eigenvalue weighted by Crippen LogP contribution is 2.36. The summed E-state index contributed by atoms with van der Waals surface area (Å²) in [4.78, 5) is 28.1. The molecule has 7 nitrogen and oxygen atoms in total. The summed E-state index contributed by atoms with van der Waals surface area (Å²) in [5.41, 5.74) is 0.847. The van der Waals surface area contributed by atoms with Crippen LogP contribution >= 0.6 is 0 Å². The van der Waals surface area contributed by atoms with E-state index in [0.717, 1.165) is 35.1 Å². The highest BCUT2D eigenvalue weighted by atomic mass is 16.5. The fourth-order valence-electron chi connectivity index (χ4n) is 8.43. The van der Waals surface area contributed by atoms with E-state index in [4.69, 9.17) is 14.2 Å². The lowest BCUT2D eigenvalue weighted by Crippen LogP contribution is -2.53. The second-order valence-corrected chi connectivity index (χ2v) is 18.8. The minimum Gasteiger partial charge on any atom is -0.379 e. The van der Waals surface area contributed by atoms with Gasteiger partial charge in [-0.2, -0.15) is 0 Å². The zero-order chi connectivity index (χ0) is 41.8. The Morgan fingerprint density at radius 2 is 0.649 bits per heavy atom. The number of rotatable bonds is 22. The summed E-state index contributed by atoms with van der Waals surface area (Å²) in [6, 6.07) is 39.9. The third-order valence-corrected chi connectivity index (χ3v) is 10.8. The van der Waals surface area contributed by atoms with Crippen LogP contribution in [0.15, 0.2) is 121 Å². The highest BCUT2D eigenvalue weighted by molar-refractivity contribution is 5.93. The predicted molar refractivity (Wildman–Crippen MR) is 232 cm³/mol. The molecule has 2 N–H and O–H groups in total. The van der Waals surface area contributed by atoms with Gasteiger partial charge in [-0.05, 0) is 87.5 Å². The third kappa shape index (κ3) is 12.8. The van der Waals surface area contributed by atoms with Gasteiger partial charge in [-0.3, -0.25) is 9.59 Å². The largest absolute Gasteiger partial charge is 0.379 e. The maximum atomic E-state index is 14.1. The first-order chi connectivity index (χ1) is 26.8. The molecule has 0 aromatic heterocycles. The van der Waals surface area contributed by atoms with Crippen LogP contribution < -0.4 is 10.6 Å². The van der Waals surface area contributed by atoms with Crippen LogP contribution in [0, 0.1) is 10.8 Å². The van der Waals surface area contributed by atoms with E-state index in [1.54, 1.807) is 0 Å². The first-order valence-corrected chi connectivity index (χ1v) is 20.4. The van der Waals surface area contributed by atoms with Crippen LogP contribution in [0.25, 0.3) is 0 Å². The van der Waals surface area contributed by atoms with Crippen molar-refractivity contribution < 1.29 is 23.8 Å². The van der Waals surface area contributed by atoms with E-state index in [-0.39, 0.29) is 22.6 Å². The van der Waals surface area contributed by atoms with Crippen molar-refractivity contribution in [3.05, 3.63) is 144 Å². The quantitative estimate of drug-likeness (QED) is 0.0777. The van der Waals surface area contributed by atoms with Crippen molar-refractivity contribution in [3.63, 3.8) is 0 Å². The molecule has 0 aliphatic carbocycles. The number of nitrogens with one attached hydrogen (secondary N) is 2. The van der Waals surface area contributed by atoms with Gasteiger partial charge in [0.1, 0.15) is 0 Å². The van der Waals surface area contributed by atoms with Gasteiger partial charge >= 0.3 is 0 Å². The van der Waals surface area contributed by atoms with E-state index in [2.05, 4.69) is 66.0 Å². The Morgan fingerprint density at radius 1 is 0.404 bits per heavy atom. The zero-order valence-electron chi connectivity index (χ0n) is 36.2. The minimum absolute atomic E-state index is 0.0266. The van der Waals surface area contributed by atoms with Crippen LogP contribution in [-0.2, 0) is 34.6 Å². The molecule has 0 radical (unpaired) electrons. The van der Waals surface area contributed by atoms with Crippen molar-refractivity contribution in [2.24, 2.45) is 10.8 Å². The Hall–Kier alpha value is -4.30. The van der Waals surface area contributed by atoms with Crippen molar-refractivity contribution in [1.82, 2.24) is 10.6 Å². The van der Waals surface area contributed by atoms with E-state index in [0.29, 0.717) is 39.6 Å². The van der Waals surface area contributed by atoms with Gasteiger partial charge in [0.15, 0.2) is 0 Å². The second kappa shape index (κ2) is 19.4. The van der Waals surface area contributed by atoms with Crippen LogP contribution in [0.5, 0.6) is 0 Å². The Kier molecular flexibility index (Phi) is 15.5. The molecule has 308 valence electrons. The van der Waals surface area contributed by atoms with Crippen LogP contribution in [0.1, 0.15) is 104 Å². The standard InChI is InChI=1S/C50H68N2O5/c1-45(2,35-47(5,6)51-43(53)49(9,39-23-15-11-16-24-39)40-25-17-12-18-26-40)37-56-33-31-55-32-34-57-38-46(3,4)36-48(7,8)52-44(54)50(10,41-27-19-13-20-28-41)42-29-21-14-22-30-42/h11-30H,31-38H2,1-10H3,(H,51,53)(H,52,54). The number of benzene rings is 4. The average molecular weight is 777 g/mol. The maximum Gasteiger partial charge on any atom is 0.235 e. The topological polar surface area (TPSA) is 85.9 Å². The van der Waals surface area contributed by atoms with Gasteiger partial charge in [0.25, 0.3) is 0 Å². The van der Waals surface area contributed by atoms with Crippen LogP contribution in [0.2, 0.25) is 0 Å². The summed E-state index contributed by atoms with van der Waals surface area (Å²) < 4.78 is 18.0. The number of amides is 2. The van der Waals surface area contributed by atoms with E-state index in [1.807, 2.05) is 135 Å². The molecule has 7 heteroatoms. The molecule has 0 atom stereocenters. The summed E-state index contributed by atoms with van der Waals surface area (Å²) in [5.74, 6) is -0.0531. The first-order valence-electron chi connectivity index (χ1n) is 20.4. The van der Waals surface area contributed by atoms with E-state index >= 15 is 0 Å². The van der Waals surface area contributed by atoms with Gasteiger partial charge in [-0.25, -0.2) is 0 Å². The van der Waals surface area contributed by atoms with Crippen molar-refractivity contribution >= 4 is 11.8 Å². The van der Waals surface area contributed by atoms with Gasteiger partial charge in [-0.1, -0.05) is 149 Å². The molecule has 4 aromatic rings. The molecule has 0 bridgehead atoms. The van der Waals surface area contributed by atoms with Crippen LogP contribution in [-0.4, -0.2) is 62.5 Å². The Morgan fingerprint density at radius 3 is 0.912 bits per heavy atom. The lowest BCUT2D eigenvalue weighted by Gasteiger charge is -2.39. The zero-order valence-corrected chi connectivity index (χ0v) is 36.2. The van der Waals surface area contributed by atoms with Crippen LogP contribution in [0.4, 0.5) is 0 Å². The Bertz CT molecular complexity index is 1610. The van der Waals surface area contributed by atoms with Crippen molar-refractivity contribution in [1.29, 1.82) is 0 Å². The van der Waals surface area contributed by atoms with Gasteiger partial charge in [0.2, 0.25) is 11.8 Å². The minimum atomic E-state index is -0.834. The molecular formula is C50H68N2O5. The number of carbonyl (C=O) groups is 2. The molecule has 0 spiro atoms. The molecule has 0 saturated carbocycles. The number of hydrogen-bond donors (Lipinski definition) is 2. The van der Waals surface area contributed by atoms with Gasteiger partial charge in [-0.15, -0.1) is 0 Å². The summed E-state index contributed by atoms with van der Waals surface area (Å²) in [5, 5.41) is 6.76. The molecule has 4 aromatic carbocycles. The first kappa shape index (κ1) is 45.4. The highest BCUT2D eigenvalue weighted by Gasteiger charge is 2.42. The SMILES string of the molecule is CC(C)(COCCOCCOCC(C)(C)CC(C)(C)NC(=O)C(C)(c1ccccc1)c1ccccc1)CC(C)(C)NC(=O)C(C)(c1ccccc1)c1ccccc1. The summed E-state index contributed by atoms with van der Waals surface area (Å²) in [7, 11) is 0. The van der Waals surface area contributed by atoms with Gasteiger partial charge < -0.3 is 24.8 Å². The third-order valence-electron chi connectivity index (χ3n) is 10.8. The molecule has 4 rings (SSSR count). The number of hydrogen-bond acceptors (Lipinski definition) is 5. The molecule has 0 fully saturated rings. The summed E-state index contributed by atoms with van der Waals surface area (Å²) >= 11 is 0. The molecule has 57 heavy (non-hydrogen) atoms. The molecule has 2 amide bonds. The normalized spacial score (nSPS) is 12.9. The van der Waals surface area contributed by atoms with Crippen molar-refractivity contribution in [2.75, 3.05) is 39.6 Å². The molecule has 0 aliphatic heterocycles. The maximum absolute atomic E-state index is 14.1. The van der Waals surface area contributed by atoms with Gasteiger partial charge in [0.05, 0.1) is 50.5 Å². The van der Waals surface area contributed by atoms with E-state index in [1.165, 1.54) is 0 Å². The lowest BCUT2D eigenvalue weighted by molar-refractivity contribution is -0.127. The summed E-state index contributed by atoms with van der Waals surface area (Å²) in [6.45, 7) is 24.0. The average Bonchev–Trinajstić information content (AvgIpc) is 3.16. The monoisotopic (exact) mass is 777 g/mol. The smallest absolute Gasteiger partial charge is 0.235 e. The van der Waals surface area contributed by atoms with E-state index in [9.17, 15) is 9.59 Å². The lowest BCUT2D eigenvalue weighted by atomic mass is 9.74. The Labute approximate surface area is 343 Å². The van der Waals surface area contributed by atoms with Crippen molar-refractivity contribution in [2.45, 2.75) is 104 Å². The van der Waals surface area contributed by atoms with Gasteiger partial charge in [0, 0.05) is 11.1 Å². The van der Waals surface area contributed by atoms with Crippen molar-refractivity contribution in [3.8, 4) is 0 Å². The second-order valence-electron chi connectivity index (χ2n) is 18.8. The fraction of sp³-hybridized carbons (Fsp3) is 0.480. The Balaban J connectivity index is 1.17. The predicted octanol–water partition coefficient (Wildman–Crippen LogP) is 9.67. The van der Waals surface area contributed by atoms with Crippen LogP contribution in [0.3, 0.4) is 0 Å². The summed E-state index contributed by atoms with van der Waals surface area (Å²) in [6.07, 6.45) is 1.46. The number of carbonyl (C=O) groups excluding carboxylic acids is 2. The molecule has 0 aliphatic rings. The fourth-order valence-corrected chi connectivity index (χ4v) is 8.43. The van der Waals surface area contributed by atoms with E-state index < -0.39 is 21.9 Å².